The maximum absolute atomic E-state index is 11.5. The van der Waals surface area contributed by atoms with Gasteiger partial charge in [-0.15, -0.1) is 0 Å². The SMILES string of the molecule is CNC(=O)c1ccn(-c2c(N)cccc2C(N)=O)n1. The van der Waals surface area contributed by atoms with E-state index in [1.54, 1.807) is 24.4 Å². The molecule has 0 aliphatic carbocycles. The van der Waals surface area contributed by atoms with Crippen LogP contribution in [0.1, 0.15) is 20.8 Å². The van der Waals surface area contributed by atoms with Gasteiger partial charge in [0.2, 0.25) is 0 Å². The minimum Gasteiger partial charge on any atom is -0.397 e. The number of nitrogens with one attached hydrogen (secondary N) is 1. The molecule has 0 fully saturated rings. The van der Waals surface area contributed by atoms with Crippen LogP contribution in [0, 0.1) is 0 Å². The van der Waals surface area contributed by atoms with Crippen molar-refractivity contribution in [1.82, 2.24) is 15.1 Å². The molecule has 2 amide bonds. The molecule has 2 rings (SSSR count). The molecule has 0 spiro atoms. The van der Waals surface area contributed by atoms with Crippen molar-refractivity contribution in [3.05, 3.63) is 41.7 Å². The number of carbonyl (C=O) groups excluding carboxylic acids is 2. The summed E-state index contributed by atoms with van der Waals surface area (Å²) < 4.78 is 1.36. The molecule has 19 heavy (non-hydrogen) atoms. The van der Waals surface area contributed by atoms with Gasteiger partial charge >= 0.3 is 0 Å². The molecule has 0 atom stereocenters. The van der Waals surface area contributed by atoms with E-state index < -0.39 is 5.91 Å². The van der Waals surface area contributed by atoms with Crippen molar-refractivity contribution in [2.45, 2.75) is 0 Å². The maximum atomic E-state index is 11.5. The summed E-state index contributed by atoms with van der Waals surface area (Å²) in [6.45, 7) is 0. The van der Waals surface area contributed by atoms with Crippen molar-refractivity contribution in [1.29, 1.82) is 0 Å². The number of carbonyl (C=O) groups is 2. The van der Waals surface area contributed by atoms with Crippen molar-refractivity contribution >= 4 is 17.5 Å². The molecule has 5 N–H and O–H groups in total. The number of aromatic nitrogens is 2. The first-order chi connectivity index (χ1) is 9.04. The van der Waals surface area contributed by atoms with Crippen LogP contribution in [0.3, 0.4) is 0 Å². The molecule has 1 heterocycles. The van der Waals surface area contributed by atoms with E-state index in [-0.39, 0.29) is 17.2 Å². The summed E-state index contributed by atoms with van der Waals surface area (Å²) in [5.74, 6) is -0.937. The van der Waals surface area contributed by atoms with Crippen LogP contribution in [0.2, 0.25) is 0 Å². The third-order valence-corrected chi connectivity index (χ3v) is 2.61. The second-order valence-corrected chi connectivity index (χ2v) is 3.83. The first kappa shape index (κ1) is 12.6. The Morgan fingerprint density at radius 1 is 1.32 bits per heavy atom. The lowest BCUT2D eigenvalue weighted by molar-refractivity contribution is 0.0956. The normalized spacial score (nSPS) is 10.2. The van der Waals surface area contributed by atoms with E-state index in [0.29, 0.717) is 11.4 Å². The monoisotopic (exact) mass is 259 g/mol. The second-order valence-electron chi connectivity index (χ2n) is 3.83. The Labute approximate surface area is 109 Å². The van der Waals surface area contributed by atoms with E-state index in [0.717, 1.165) is 0 Å². The van der Waals surface area contributed by atoms with Crippen molar-refractivity contribution < 1.29 is 9.59 Å². The van der Waals surface area contributed by atoms with Crippen molar-refractivity contribution in [3.8, 4) is 5.69 Å². The zero-order valence-corrected chi connectivity index (χ0v) is 10.3. The largest absolute Gasteiger partial charge is 0.397 e. The highest BCUT2D eigenvalue weighted by molar-refractivity contribution is 5.98. The number of primary amides is 1. The number of benzene rings is 1. The molecule has 2 aromatic rings. The number of para-hydroxylation sites is 1. The Hall–Kier alpha value is -2.83. The predicted molar refractivity (Wildman–Crippen MR) is 69.9 cm³/mol. The summed E-state index contributed by atoms with van der Waals surface area (Å²) in [4.78, 5) is 22.8. The van der Waals surface area contributed by atoms with Crippen LogP contribution in [0.15, 0.2) is 30.5 Å². The highest BCUT2D eigenvalue weighted by Gasteiger charge is 2.15. The number of amides is 2. The summed E-state index contributed by atoms with van der Waals surface area (Å²) in [6, 6.07) is 6.33. The topological polar surface area (TPSA) is 116 Å². The van der Waals surface area contributed by atoms with Gasteiger partial charge in [0, 0.05) is 13.2 Å². The summed E-state index contributed by atoms with van der Waals surface area (Å²) in [5, 5.41) is 6.53. The molecule has 0 unspecified atom stereocenters. The average molecular weight is 259 g/mol. The van der Waals surface area contributed by atoms with E-state index in [4.69, 9.17) is 11.5 Å². The lowest BCUT2D eigenvalue weighted by atomic mass is 10.1. The molecule has 0 bridgehead atoms. The lowest BCUT2D eigenvalue weighted by Gasteiger charge is -2.09. The van der Waals surface area contributed by atoms with Crippen molar-refractivity contribution in [2.24, 2.45) is 5.73 Å². The molecule has 0 aliphatic rings. The first-order valence-corrected chi connectivity index (χ1v) is 5.51. The van der Waals surface area contributed by atoms with Gasteiger partial charge < -0.3 is 16.8 Å². The molecule has 0 aliphatic heterocycles. The minimum atomic E-state index is -0.612. The molecular weight excluding hydrogens is 246 g/mol. The molecule has 0 radical (unpaired) electrons. The Morgan fingerprint density at radius 3 is 2.68 bits per heavy atom. The van der Waals surface area contributed by atoms with Crippen LogP contribution in [0.5, 0.6) is 0 Å². The molecule has 1 aromatic heterocycles. The molecule has 1 aromatic carbocycles. The van der Waals surface area contributed by atoms with Gasteiger partial charge in [0.15, 0.2) is 5.69 Å². The van der Waals surface area contributed by atoms with Gasteiger partial charge in [-0.2, -0.15) is 5.10 Å². The van der Waals surface area contributed by atoms with Gasteiger partial charge in [0.1, 0.15) is 5.69 Å². The van der Waals surface area contributed by atoms with Gasteiger partial charge in [0.05, 0.1) is 11.3 Å². The van der Waals surface area contributed by atoms with E-state index in [1.165, 1.54) is 17.8 Å². The van der Waals surface area contributed by atoms with Crippen LogP contribution in [0.25, 0.3) is 5.69 Å². The molecule has 7 nitrogen and oxygen atoms in total. The fourth-order valence-electron chi connectivity index (χ4n) is 1.71. The Balaban J connectivity index is 2.56. The summed E-state index contributed by atoms with van der Waals surface area (Å²) in [5.41, 5.74) is 12.3. The standard InChI is InChI=1S/C12H13N5O2/c1-15-12(19)9-5-6-17(16-9)10-7(11(14)18)3-2-4-8(10)13/h2-6H,13H2,1H3,(H2,14,18)(H,15,19). The molecule has 7 heteroatoms. The van der Waals surface area contributed by atoms with E-state index >= 15 is 0 Å². The Bertz CT molecular complexity index is 647. The van der Waals surface area contributed by atoms with Gasteiger partial charge in [-0.1, -0.05) is 6.07 Å². The number of hydrogen-bond acceptors (Lipinski definition) is 4. The Kier molecular flexibility index (Phi) is 3.19. The molecule has 0 saturated heterocycles. The number of hydrogen-bond donors (Lipinski definition) is 3. The number of nitrogens with zero attached hydrogens (tertiary/aromatic N) is 2. The third-order valence-electron chi connectivity index (χ3n) is 2.61. The van der Waals surface area contributed by atoms with Crippen molar-refractivity contribution in [2.75, 3.05) is 12.8 Å². The van der Waals surface area contributed by atoms with Crippen LogP contribution in [-0.4, -0.2) is 28.6 Å². The average Bonchev–Trinajstić information content (AvgIpc) is 2.86. The van der Waals surface area contributed by atoms with E-state index in [1.807, 2.05) is 0 Å². The van der Waals surface area contributed by atoms with Gasteiger partial charge in [-0.3, -0.25) is 9.59 Å². The fourth-order valence-corrected chi connectivity index (χ4v) is 1.71. The van der Waals surface area contributed by atoms with Crippen LogP contribution >= 0.6 is 0 Å². The first-order valence-electron chi connectivity index (χ1n) is 5.51. The van der Waals surface area contributed by atoms with Gasteiger partial charge in [-0.05, 0) is 18.2 Å². The fraction of sp³-hybridized carbons (Fsp3) is 0.0833. The van der Waals surface area contributed by atoms with E-state index in [9.17, 15) is 9.59 Å². The number of rotatable bonds is 3. The van der Waals surface area contributed by atoms with Gasteiger partial charge in [-0.25, -0.2) is 4.68 Å². The molecule has 98 valence electrons. The quantitative estimate of drug-likeness (QED) is 0.668. The summed E-state index contributed by atoms with van der Waals surface area (Å²) in [7, 11) is 1.51. The van der Waals surface area contributed by atoms with Crippen molar-refractivity contribution in [3.63, 3.8) is 0 Å². The zero-order valence-electron chi connectivity index (χ0n) is 10.3. The predicted octanol–water partition coefficient (Wildman–Crippen LogP) is -0.0870. The molecule has 0 saturated carbocycles. The highest BCUT2D eigenvalue weighted by atomic mass is 16.2. The van der Waals surface area contributed by atoms with Crippen LogP contribution in [0.4, 0.5) is 5.69 Å². The maximum Gasteiger partial charge on any atom is 0.271 e. The van der Waals surface area contributed by atoms with Crippen LogP contribution in [-0.2, 0) is 0 Å². The minimum absolute atomic E-state index is 0.223. The lowest BCUT2D eigenvalue weighted by Crippen LogP contribution is -2.19. The number of anilines is 1. The highest BCUT2D eigenvalue weighted by Crippen LogP contribution is 2.21. The second kappa shape index (κ2) is 4.81. The van der Waals surface area contributed by atoms with Gasteiger partial charge in [0.25, 0.3) is 11.8 Å². The number of nitrogen functional groups attached to an aromatic ring is 1. The summed E-state index contributed by atoms with van der Waals surface area (Å²) in [6.07, 6.45) is 1.54. The third kappa shape index (κ3) is 2.25. The summed E-state index contributed by atoms with van der Waals surface area (Å²) >= 11 is 0. The smallest absolute Gasteiger partial charge is 0.271 e. The molecular formula is C12H13N5O2. The van der Waals surface area contributed by atoms with Crippen LogP contribution < -0.4 is 16.8 Å². The number of nitrogens with two attached hydrogens (primary N) is 2. The Morgan fingerprint density at radius 2 is 2.05 bits per heavy atom. The zero-order chi connectivity index (χ0) is 14.0. The van der Waals surface area contributed by atoms with E-state index in [2.05, 4.69) is 10.4 Å².